The molecule has 0 fully saturated rings. The van der Waals surface area contributed by atoms with Gasteiger partial charge in [-0.05, 0) is 88.2 Å². The minimum Gasteiger partial charge on any atom is -0.457 e. The lowest BCUT2D eigenvalue weighted by Gasteiger charge is -2.32. The van der Waals surface area contributed by atoms with Gasteiger partial charge in [-0.2, -0.15) is 0 Å². The summed E-state index contributed by atoms with van der Waals surface area (Å²) >= 11 is 0. The molecule has 0 spiro atoms. The highest BCUT2D eigenvalue weighted by atomic mass is 32.2. The number of sulfonamides is 1. The van der Waals surface area contributed by atoms with E-state index < -0.39 is 28.5 Å². The van der Waals surface area contributed by atoms with E-state index in [0.717, 1.165) is 27.4 Å². The van der Waals surface area contributed by atoms with E-state index >= 15 is 0 Å². The third-order valence-electron chi connectivity index (χ3n) is 7.60. The molecule has 0 saturated carbocycles. The summed E-state index contributed by atoms with van der Waals surface area (Å²) in [7, 11) is -4.18. The van der Waals surface area contributed by atoms with E-state index in [-0.39, 0.29) is 29.1 Å². The summed E-state index contributed by atoms with van der Waals surface area (Å²) in [6.07, 6.45) is 0.733. The van der Waals surface area contributed by atoms with Crippen LogP contribution in [-0.2, 0) is 26.2 Å². The number of nitrogens with zero attached hydrogens (tertiary/aromatic N) is 2. The predicted molar refractivity (Wildman–Crippen MR) is 178 cm³/mol. The van der Waals surface area contributed by atoms with E-state index in [4.69, 9.17) is 4.74 Å². The van der Waals surface area contributed by atoms with E-state index in [2.05, 4.69) is 5.32 Å². The van der Waals surface area contributed by atoms with Crippen molar-refractivity contribution in [3.05, 3.63) is 120 Å². The van der Waals surface area contributed by atoms with Crippen molar-refractivity contribution in [2.75, 3.05) is 10.8 Å². The average Bonchev–Trinajstić information content (AvgIpc) is 3.03. The van der Waals surface area contributed by atoms with E-state index in [1.165, 1.54) is 17.0 Å². The van der Waals surface area contributed by atoms with Crippen LogP contribution in [0, 0.1) is 13.8 Å². The second kappa shape index (κ2) is 14.9. The Labute approximate surface area is 266 Å². The Hall–Kier alpha value is -4.63. The number of carbonyl (C=O) groups excluding carboxylic acids is 2. The van der Waals surface area contributed by atoms with Crippen LogP contribution in [0.4, 0.5) is 5.69 Å². The lowest BCUT2D eigenvalue weighted by atomic mass is 10.1. The summed E-state index contributed by atoms with van der Waals surface area (Å²) in [5.74, 6) is 0.339. The molecule has 0 aliphatic heterocycles. The van der Waals surface area contributed by atoms with Crippen molar-refractivity contribution in [1.29, 1.82) is 0 Å². The maximum absolute atomic E-state index is 14.2. The minimum absolute atomic E-state index is 0.0540. The van der Waals surface area contributed by atoms with Crippen molar-refractivity contribution >= 4 is 27.5 Å². The molecule has 4 rings (SSSR count). The topological polar surface area (TPSA) is 96.0 Å². The highest BCUT2D eigenvalue weighted by molar-refractivity contribution is 7.92. The van der Waals surface area contributed by atoms with Crippen molar-refractivity contribution in [3.8, 4) is 11.5 Å². The second-order valence-corrected chi connectivity index (χ2v) is 13.1. The van der Waals surface area contributed by atoms with Gasteiger partial charge in [-0.1, -0.05) is 72.6 Å². The molecule has 0 heterocycles. The summed E-state index contributed by atoms with van der Waals surface area (Å²) in [6, 6.07) is 29.1. The van der Waals surface area contributed by atoms with E-state index in [1.54, 1.807) is 43.3 Å². The average molecular weight is 628 g/mol. The Bertz CT molecular complexity index is 1690. The fourth-order valence-corrected chi connectivity index (χ4v) is 6.14. The summed E-state index contributed by atoms with van der Waals surface area (Å²) in [5, 5.41) is 2.96. The Morgan fingerprint density at radius 3 is 2.07 bits per heavy atom. The summed E-state index contributed by atoms with van der Waals surface area (Å²) in [4.78, 5) is 28.9. The Morgan fingerprint density at radius 1 is 0.800 bits per heavy atom. The molecule has 0 unspecified atom stereocenters. The van der Waals surface area contributed by atoms with Crippen LogP contribution in [0.25, 0.3) is 0 Å². The van der Waals surface area contributed by atoms with Gasteiger partial charge in [0.1, 0.15) is 24.1 Å². The van der Waals surface area contributed by atoms with Gasteiger partial charge in [0.2, 0.25) is 11.8 Å². The quantitative estimate of drug-likeness (QED) is 0.180. The zero-order valence-corrected chi connectivity index (χ0v) is 27.3. The van der Waals surface area contributed by atoms with Gasteiger partial charge in [0.05, 0.1) is 10.6 Å². The van der Waals surface area contributed by atoms with Crippen molar-refractivity contribution in [2.45, 2.75) is 64.6 Å². The number of hydrogen-bond donors (Lipinski definition) is 1. The van der Waals surface area contributed by atoms with Gasteiger partial charge in [0.15, 0.2) is 0 Å². The van der Waals surface area contributed by atoms with Gasteiger partial charge >= 0.3 is 0 Å². The molecule has 0 aliphatic rings. The molecule has 4 aromatic rings. The maximum atomic E-state index is 14.2. The van der Waals surface area contributed by atoms with E-state index in [0.29, 0.717) is 11.5 Å². The number of anilines is 1. The van der Waals surface area contributed by atoms with Gasteiger partial charge in [0.25, 0.3) is 10.0 Å². The first-order valence-corrected chi connectivity index (χ1v) is 16.5. The van der Waals surface area contributed by atoms with Crippen LogP contribution >= 0.6 is 0 Å². The lowest BCUT2D eigenvalue weighted by Crippen LogP contribution is -2.52. The normalized spacial score (nSPS) is 12.6. The van der Waals surface area contributed by atoms with Gasteiger partial charge in [-0.25, -0.2) is 8.42 Å². The molecule has 4 aromatic carbocycles. The number of para-hydroxylation sites is 1. The molecule has 1 N–H and O–H groups in total. The zero-order chi connectivity index (χ0) is 32.6. The molecule has 9 heteroatoms. The fourth-order valence-electron chi connectivity index (χ4n) is 4.73. The van der Waals surface area contributed by atoms with Gasteiger partial charge in [-0.3, -0.25) is 13.9 Å². The van der Waals surface area contributed by atoms with Crippen molar-refractivity contribution in [1.82, 2.24) is 10.2 Å². The van der Waals surface area contributed by atoms with E-state index in [9.17, 15) is 18.0 Å². The van der Waals surface area contributed by atoms with Crippen LogP contribution in [0.2, 0.25) is 0 Å². The van der Waals surface area contributed by atoms with Crippen molar-refractivity contribution < 1.29 is 22.7 Å². The molecule has 2 atom stereocenters. The number of nitrogens with one attached hydrogen (secondary N) is 1. The number of hydrogen-bond acceptors (Lipinski definition) is 5. The molecule has 0 radical (unpaired) electrons. The highest BCUT2D eigenvalue weighted by Crippen LogP contribution is 2.29. The lowest BCUT2D eigenvalue weighted by molar-refractivity contribution is -0.139. The van der Waals surface area contributed by atoms with Crippen LogP contribution in [0.5, 0.6) is 11.5 Å². The fraction of sp³-hybridized carbons (Fsp3) is 0.278. The third-order valence-corrected chi connectivity index (χ3v) is 9.38. The summed E-state index contributed by atoms with van der Waals surface area (Å²) < 4.78 is 35.2. The molecule has 45 heavy (non-hydrogen) atoms. The molecule has 0 saturated heterocycles. The minimum atomic E-state index is -4.18. The Kier molecular flexibility index (Phi) is 11.0. The molecule has 0 aromatic heterocycles. The number of benzene rings is 4. The number of amides is 2. The van der Waals surface area contributed by atoms with Crippen LogP contribution in [0.3, 0.4) is 0 Å². The first kappa shape index (κ1) is 33.3. The number of rotatable bonds is 13. The molecule has 8 nitrogen and oxygen atoms in total. The molecular formula is C36H41N3O5S. The first-order valence-electron chi connectivity index (χ1n) is 15.1. The highest BCUT2D eigenvalue weighted by Gasteiger charge is 2.33. The SMILES string of the molecule is CC[C@@H](C)NC(=O)[C@H](C)N(Cc1cccc(C)c1)C(=O)CN(c1ccc(Oc2ccccc2)cc1)S(=O)(=O)c1ccc(C)cc1. The summed E-state index contributed by atoms with van der Waals surface area (Å²) in [5.41, 5.74) is 3.04. The number of carbonyl (C=O) groups is 2. The first-order chi connectivity index (χ1) is 21.5. The second-order valence-electron chi connectivity index (χ2n) is 11.2. The van der Waals surface area contributed by atoms with E-state index in [1.807, 2.05) is 82.3 Å². The third kappa shape index (κ3) is 8.73. The molecular weight excluding hydrogens is 586 g/mol. The molecule has 0 aliphatic carbocycles. The van der Waals surface area contributed by atoms with Gasteiger partial charge < -0.3 is 15.0 Å². The Morgan fingerprint density at radius 2 is 1.44 bits per heavy atom. The van der Waals surface area contributed by atoms with Crippen LogP contribution in [0.15, 0.2) is 108 Å². The number of ether oxygens (including phenoxy) is 1. The van der Waals surface area contributed by atoms with Gasteiger partial charge in [0, 0.05) is 12.6 Å². The maximum Gasteiger partial charge on any atom is 0.264 e. The van der Waals surface area contributed by atoms with Crippen LogP contribution in [0.1, 0.15) is 43.9 Å². The largest absolute Gasteiger partial charge is 0.457 e. The van der Waals surface area contributed by atoms with Crippen LogP contribution in [-0.4, -0.2) is 43.8 Å². The zero-order valence-electron chi connectivity index (χ0n) is 26.4. The standard InChI is InChI=1S/C36H41N3O5S/c1-6-28(4)37-36(41)29(5)38(24-30-12-10-11-27(3)23-30)35(40)25-39(45(42,43)34-21-15-26(2)16-22-34)31-17-19-33(20-18-31)44-32-13-8-7-9-14-32/h7-23,28-29H,6,24-25H2,1-5H3,(H,37,41)/t28-,29+/m1/s1. The number of aryl methyl sites for hydroxylation is 2. The van der Waals surface area contributed by atoms with Crippen molar-refractivity contribution in [3.63, 3.8) is 0 Å². The van der Waals surface area contributed by atoms with Crippen LogP contribution < -0.4 is 14.4 Å². The van der Waals surface area contributed by atoms with Gasteiger partial charge in [-0.15, -0.1) is 0 Å². The molecule has 2 amide bonds. The molecule has 236 valence electrons. The summed E-state index contributed by atoms with van der Waals surface area (Å²) in [6.45, 7) is 8.99. The molecule has 0 bridgehead atoms. The Balaban J connectivity index is 1.70. The van der Waals surface area contributed by atoms with Crippen molar-refractivity contribution in [2.24, 2.45) is 0 Å². The smallest absolute Gasteiger partial charge is 0.264 e. The monoisotopic (exact) mass is 627 g/mol. The predicted octanol–water partition coefficient (Wildman–Crippen LogP) is 6.62.